The number of aromatic carboxylic acids is 1. The molecule has 0 radical (unpaired) electrons. The Morgan fingerprint density at radius 2 is 1.62 bits per heavy atom. The first-order valence-corrected chi connectivity index (χ1v) is 6.43. The molecule has 2 N–H and O–H groups in total. The summed E-state index contributed by atoms with van der Waals surface area (Å²) in [7, 11) is 0. The van der Waals surface area contributed by atoms with E-state index in [1.54, 1.807) is 24.3 Å². The number of nitrogens with one attached hydrogen (secondary N) is 1. The van der Waals surface area contributed by atoms with Crippen molar-refractivity contribution in [2.75, 3.05) is 0 Å². The van der Waals surface area contributed by atoms with E-state index < -0.39 is 11.8 Å². The Labute approximate surface area is 120 Å². The molecule has 0 amide bonds. The van der Waals surface area contributed by atoms with Crippen molar-refractivity contribution in [3.63, 3.8) is 0 Å². The zero-order chi connectivity index (χ0) is 14.8. The fraction of sp³-hybridized carbons (Fsp3) is 0. The monoisotopic (exact) mass is 281 g/mol. The number of hydrogen-bond donors (Lipinski definition) is 2. The maximum Gasteiger partial charge on any atom is 0.352 e. The second-order valence-corrected chi connectivity index (χ2v) is 4.62. The van der Waals surface area contributed by atoms with E-state index in [0.717, 1.165) is 5.56 Å². The number of aromatic amines is 1. The molecule has 3 rings (SSSR count). The van der Waals surface area contributed by atoms with Crippen molar-refractivity contribution in [2.24, 2.45) is 0 Å². The Bertz CT molecular complexity index is 794. The molecule has 0 bridgehead atoms. The van der Waals surface area contributed by atoms with Gasteiger partial charge < -0.3 is 10.1 Å². The summed E-state index contributed by atoms with van der Waals surface area (Å²) >= 11 is 0. The summed E-state index contributed by atoms with van der Waals surface area (Å²) in [5.74, 6) is -1.47. The van der Waals surface area contributed by atoms with Gasteiger partial charge >= 0.3 is 5.97 Å². The van der Waals surface area contributed by atoms with Crippen molar-refractivity contribution in [1.82, 2.24) is 4.98 Å². The Morgan fingerprint density at radius 1 is 0.952 bits per heavy atom. The van der Waals surface area contributed by atoms with E-state index >= 15 is 0 Å². The van der Waals surface area contributed by atoms with Crippen LogP contribution in [-0.2, 0) is 0 Å². The van der Waals surface area contributed by atoms with Crippen molar-refractivity contribution in [3.05, 3.63) is 72.2 Å². The van der Waals surface area contributed by atoms with Crippen LogP contribution in [0.25, 0.3) is 22.4 Å². The van der Waals surface area contributed by atoms with Crippen LogP contribution in [0.3, 0.4) is 0 Å². The molecule has 0 aliphatic carbocycles. The molecule has 1 heterocycles. The summed E-state index contributed by atoms with van der Waals surface area (Å²) < 4.78 is 13.9. The second-order valence-electron chi connectivity index (χ2n) is 4.62. The van der Waals surface area contributed by atoms with Gasteiger partial charge in [-0.25, -0.2) is 9.18 Å². The smallest absolute Gasteiger partial charge is 0.352 e. The molecule has 0 atom stereocenters. The van der Waals surface area contributed by atoms with Gasteiger partial charge in [0.2, 0.25) is 0 Å². The van der Waals surface area contributed by atoms with E-state index in [2.05, 4.69) is 4.98 Å². The van der Waals surface area contributed by atoms with Gasteiger partial charge in [0.15, 0.2) is 0 Å². The lowest BCUT2D eigenvalue weighted by Crippen LogP contribution is -1.98. The van der Waals surface area contributed by atoms with Gasteiger partial charge in [-0.05, 0) is 23.8 Å². The van der Waals surface area contributed by atoms with E-state index in [4.69, 9.17) is 0 Å². The van der Waals surface area contributed by atoms with Crippen LogP contribution in [0, 0.1) is 5.82 Å². The Balaban J connectivity index is 2.18. The Kier molecular flexibility index (Phi) is 3.28. The lowest BCUT2D eigenvalue weighted by Gasteiger charge is -1.99. The summed E-state index contributed by atoms with van der Waals surface area (Å²) in [6.45, 7) is 0. The van der Waals surface area contributed by atoms with Crippen LogP contribution in [0.5, 0.6) is 0 Å². The maximum absolute atomic E-state index is 13.9. The third kappa shape index (κ3) is 2.43. The molecule has 21 heavy (non-hydrogen) atoms. The molecular formula is C17H12FNO2. The molecule has 104 valence electrons. The number of carbonyl (C=O) groups is 1. The highest BCUT2D eigenvalue weighted by atomic mass is 19.1. The van der Waals surface area contributed by atoms with Crippen LogP contribution in [0.2, 0.25) is 0 Å². The average molecular weight is 281 g/mol. The Hall–Kier alpha value is -2.88. The van der Waals surface area contributed by atoms with E-state index in [0.29, 0.717) is 16.8 Å². The summed E-state index contributed by atoms with van der Waals surface area (Å²) in [6.07, 6.45) is 0. The molecule has 0 unspecified atom stereocenters. The number of benzene rings is 2. The minimum Gasteiger partial charge on any atom is -0.477 e. The number of H-pyrrole nitrogens is 1. The lowest BCUT2D eigenvalue weighted by molar-refractivity contribution is 0.0692. The highest BCUT2D eigenvalue weighted by molar-refractivity contribution is 5.96. The summed E-state index contributed by atoms with van der Waals surface area (Å²) in [4.78, 5) is 14.2. The van der Waals surface area contributed by atoms with E-state index in [1.165, 1.54) is 6.07 Å². The molecule has 2 aromatic carbocycles. The van der Waals surface area contributed by atoms with Gasteiger partial charge in [0.05, 0.1) is 0 Å². The molecule has 3 nitrogen and oxygen atoms in total. The summed E-state index contributed by atoms with van der Waals surface area (Å²) in [5, 5.41) is 9.33. The van der Waals surface area contributed by atoms with E-state index in [1.807, 2.05) is 30.3 Å². The first-order chi connectivity index (χ1) is 10.2. The standard InChI is InChI=1S/C17H12FNO2/c18-14-9-5-4-8-12(14)15-10-13(16(19-15)17(20)21)11-6-2-1-3-7-11/h1-10,19H,(H,20,21). The van der Waals surface area contributed by atoms with Crippen LogP contribution < -0.4 is 0 Å². The number of hydrogen-bond acceptors (Lipinski definition) is 1. The number of carboxylic acid groups (broad SMARTS) is 1. The zero-order valence-corrected chi connectivity index (χ0v) is 11.0. The van der Waals surface area contributed by atoms with Gasteiger partial charge in [0.1, 0.15) is 11.5 Å². The minimum atomic E-state index is -1.07. The molecule has 1 aromatic heterocycles. The van der Waals surface area contributed by atoms with Crippen molar-refractivity contribution < 1.29 is 14.3 Å². The molecule has 3 aromatic rings. The first kappa shape index (κ1) is 13.1. The molecule has 0 spiro atoms. The quantitative estimate of drug-likeness (QED) is 0.756. The minimum absolute atomic E-state index is 0.0550. The van der Waals surface area contributed by atoms with Gasteiger partial charge in [0, 0.05) is 16.8 Å². The van der Waals surface area contributed by atoms with Crippen LogP contribution in [0.4, 0.5) is 4.39 Å². The van der Waals surface area contributed by atoms with Crippen LogP contribution >= 0.6 is 0 Å². The molecule has 4 heteroatoms. The highest BCUT2D eigenvalue weighted by Gasteiger charge is 2.17. The summed E-state index contributed by atoms with van der Waals surface area (Å²) in [6, 6.07) is 17.1. The molecule has 0 fully saturated rings. The molecule has 0 aliphatic rings. The molecule has 0 saturated carbocycles. The second kappa shape index (κ2) is 5.25. The number of halogens is 1. The fourth-order valence-electron chi connectivity index (χ4n) is 2.29. The third-order valence-electron chi connectivity index (χ3n) is 3.28. The van der Waals surface area contributed by atoms with Crippen LogP contribution in [0.15, 0.2) is 60.7 Å². The highest BCUT2D eigenvalue weighted by Crippen LogP contribution is 2.30. The molecule has 0 aliphatic heterocycles. The normalized spacial score (nSPS) is 10.5. The average Bonchev–Trinajstić information content (AvgIpc) is 2.94. The fourth-order valence-corrected chi connectivity index (χ4v) is 2.29. The van der Waals surface area contributed by atoms with Crippen molar-refractivity contribution in [3.8, 4) is 22.4 Å². The predicted molar refractivity (Wildman–Crippen MR) is 78.6 cm³/mol. The molecular weight excluding hydrogens is 269 g/mol. The lowest BCUT2D eigenvalue weighted by atomic mass is 10.0. The summed E-state index contributed by atoms with van der Waals surface area (Å²) in [5.41, 5.74) is 2.17. The SMILES string of the molecule is O=C(O)c1[nH]c(-c2ccccc2F)cc1-c1ccccc1. The van der Waals surface area contributed by atoms with Crippen molar-refractivity contribution >= 4 is 5.97 Å². The predicted octanol–water partition coefficient (Wildman–Crippen LogP) is 4.19. The van der Waals surface area contributed by atoms with E-state index in [-0.39, 0.29) is 5.69 Å². The number of carboxylic acids is 1. The third-order valence-corrected chi connectivity index (χ3v) is 3.28. The number of aromatic nitrogens is 1. The van der Waals surface area contributed by atoms with Gasteiger partial charge in [-0.3, -0.25) is 0 Å². The maximum atomic E-state index is 13.9. The van der Waals surface area contributed by atoms with E-state index in [9.17, 15) is 14.3 Å². The van der Waals surface area contributed by atoms with Crippen molar-refractivity contribution in [2.45, 2.75) is 0 Å². The van der Waals surface area contributed by atoms with Gasteiger partial charge in [0.25, 0.3) is 0 Å². The van der Waals surface area contributed by atoms with Gasteiger partial charge in [-0.1, -0.05) is 42.5 Å². The largest absolute Gasteiger partial charge is 0.477 e. The van der Waals surface area contributed by atoms with Gasteiger partial charge in [-0.2, -0.15) is 0 Å². The van der Waals surface area contributed by atoms with Crippen LogP contribution in [0.1, 0.15) is 10.5 Å². The van der Waals surface area contributed by atoms with Gasteiger partial charge in [-0.15, -0.1) is 0 Å². The topological polar surface area (TPSA) is 53.1 Å². The van der Waals surface area contributed by atoms with Crippen LogP contribution in [-0.4, -0.2) is 16.1 Å². The zero-order valence-electron chi connectivity index (χ0n) is 11.0. The number of rotatable bonds is 3. The molecule has 0 saturated heterocycles. The van der Waals surface area contributed by atoms with Crippen molar-refractivity contribution in [1.29, 1.82) is 0 Å². The first-order valence-electron chi connectivity index (χ1n) is 6.43. The Morgan fingerprint density at radius 3 is 2.29 bits per heavy atom.